The molecule has 0 aliphatic heterocycles. The molecule has 0 aromatic carbocycles. The second kappa shape index (κ2) is 8.25. The number of furan rings is 1. The van der Waals surface area contributed by atoms with E-state index in [1.807, 2.05) is 6.92 Å². The van der Waals surface area contributed by atoms with E-state index in [0.717, 1.165) is 25.0 Å². The van der Waals surface area contributed by atoms with Crippen molar-refractivity contribution in [2.75, 3.05) is 6.54 Å². The number of guanidine groups is 1. The number of aliphatic imine (C=N–C) groups is 1. The average Bonchev–Trinajstić information content (AvgIpc) is 2.74. The number of rotatable bonds is 7. The molecule has 0 fully saturated rings. The molecule has 4 nitrogen and oxygen atoms in total. The number of hydrogen-bond acceptors (Lipinski definition) is 2. The molecular weight excluding hydrogens is 250 g/mol. The highest BCUT2D eigenvalue weighted by Gasteiger charge is 1.99. The number of nitrogens with zero attached hydrogens (tertiary/aromatic N) is 1. The Morgan fingerprint density at radius 2 is 2.00 bits per heavy atom. The monoisotopic (exact) mass is 275 g/mol. The molecule has 4 N–H and O–H groups in total. The maximum Gasteiger partial charge on any atom is 0.186 e. The van der Waals surface area contributed by atoms with Crippen LogP contribution in [0.25, 0.3) is 0 Å². The van der Waals surface area contributed by atoms with Gasteiger partial charge in [0.2, 0.25) is 0 Å². The van der Waals surface area contributed by atoms with Crippen molar-refractivity contribution in [2.24, 2.45) is 16.5 Å². The molecule has 1 aromatic rings. The van der Waals surface area contributed by atoms with Crippen LogP contribution in [0.1, 0.15) is 38.0 Å². The molecule has 0 unspecified atom stereocenters. The first kappa shape index (κ1) is 16.1. The van der Waals surface area contributed by atoms with E-state index in [-0.39, 0.29) is 5.96 Å². The number of aryl methyl sites for hydroxylation is 1. The van der Waals surface area contributed by atoms with Gasteiger partial charge >= 0.3 is 0 Å². The molecule has 0 aliphatic carbocycles. The summed E-state index contributed by atoms with van der Waals surface area (Å²) in [6.45, 7) is 6.83. The largest absolute Gasteiger partial charge is 0.469 e. The summed E-state index contributed by atoms with van der Waals surface area (Å²) in [6, 6.07) is 2.08. The summed E-state index contributed by atoms with van der Waals surface area (Å²) < 4.78 is 5.45. The lowest BCUT2D eigenvalue weighted by Gasteiger charge is -2.00. The minimum Gasteiger partial charge on any atom is -0.469 e. The summed E-state index contributed by atoms with van der Waals surface area (Å²) in [6.07, 6.45) is 9.03. The van der Waals surface area contributed by atoms with E-state index in [1.165, 1.54) is 16.7 Å². The molecule has 0 spiro atoms. The molecule has 0 atom stereocenters. The van der Waals surface area contributed by atoms with Gasteiger partial charge in [-0.05, 0) is 45.2 Å². The molecular formula is C16H25N3O. The Morgan fingerprint density at radius 1 is 1.25 bits per heavy atom. The molecule has 0 aliphatic rings. The van der Waals surface area contributed by atoms with Crippen molar-refractivity contribution < 1.29 is 4.42 Å². The summed E-state index contributed by atoms with van der Waals surface area (Å²) >= 11 is 0. The Bertz CT molecular complexity index is 506. The van der Waals surface area contributed by atoms with Crippen molar-refractivity contribution in [2.45, 2.75) is 40.0 Å². The molecule has 110 valence electrons. The first-order valence-electron chi connectivity index (χ1n) is 6.88. The van der Waals surface area contributed by atoms with Gasteiger partial charge in [0.1, 0.15) is 5.76 Å². The van der Waals surface area contributed by atoms with Crippen molar-refractivity contribution >= 4 is 5.96 Å². The van der Waals surface area contributed by atoms with E-state index in [9.17, 15) is 0 Å². The van der Waals surface area contributed by atoms with E-state index >= 15 is 0 Å². The molecule has 1 aromatic heterocycles. The zero-order valence-corrected chi connectivity index (χ0v) is 12.6. The Labute approximate surface area is 121 Å². The normalized spacial score (nSPS) is 12.6. The van der Waals surface area contributed by atoms with Gasteiger partial charge in [-0.25, -0.2) is 4.99 Å². The van der Waals surface area contributed by atoms with Crippen LogP contribution in [0.5, 0.6) is 0 Å². The first-order chi connectivity index (χ1) is 9.47. The van der Waals surface area contributed by atoms with Gasteiger partial charge in [-0.15, -0.1) is 0 Å². The predicted molar refractivity (Wildman–Crippen MR) is 84.6 cm³/mol. The maximum atomic E-state index is 5.45. The lowest BCUT2D eigenvalue weighted by molar-refractivity contribution is 0.518. The molecule has 4 heteroatoms. The molecule has 0 bridgehead atoms. The molecule has 1 rings (SSSR count). The highest BCUT2D eigenvalue weighted by Crippen LogP contribution is 2.13. The second-order valence-electron chi connectivity index (χ2n) is 5.17. The van der Waals surface area contributed by atoms with Crippen LogP contribution in [0.2, 0.25) is 0 Å². The van der Waals surface area contributed by atoms with E-state index in [2.05, 4.69) is 37.1 Å². The molecule has 0 saturated carbocycles. The van der Waals surface area contributed by atoms with E-state index in [0.29, 0.717) is 6.54 Å². The number of nitrogens with two attached hydrogens (primary N) is 2. The smallest absolute Gasteiger partial charge is 0.186 e. The van der Waals surface area contributed by atoms with Gasteiger partial charge in [-0.1, -0.05) is 23.3 Å². The highest BCUT2D eigenvalue weighted by molar-refractivity contribution is 5.75. The summed E-state index contributed by atoms with van der Waals surface area (Å²) in [5.74, 6) is 1.16. The molecule has 20 heavy (non-hydrogen) atoms. The van der Waals surface area contributed by atoms with Crippen molar-refractivity contribution in [1.82, 2.24) is 0 Å². The Morgan fingerprint density at radius 3 is 2.60 bits per heavy atom. The average molecular weight is 275 g/mol. The fraction of sp³-hybridized carbons (Fsp3) is 0.438. The van der Waals surface area contributed by atoms with E-state index in [1.54, 1.807) is 6.26 Å². The third-order valence-electron chi connectivity index (χ3n) is 2.98. The van der Waals surface area contributed by atoms with Crippen LogP contribution >= 0.6 is 0 Å². The molecule has 0 amide bonds. The van der Waals surface area contributed by atoms with Crippen LogP contribution in [0, 0.1) is 6.92 Å². The van der Waals surface area contributed by atoms with Crippen molar-refractivity contribution in [3.05, 3.63) is 47.0 Å². The number of hydrogen-bond donors (Lipinski definition) is 2. The fourth-order valence-electron chi connectivity index (χ4n) is 1.89. The lowest BCUT2D eigenvalue weighted by Crippen LogP contribution is -2.22. The van der Waals surface area contributed by atoms with Gasteiger partial charge in [0.25, 0.3) is 0 Å². The maximum absolute atomic E-state index is 5.45. The number of allylic oxidation sites excluding steroid dienone is 3. The summed E-state index contributed by atoms with van der Waals surface area (Å²) in [5.41, 5.74) is 14.3. The fourth-order valence-corrected chi connectivity index (χ4v) is 1.89. The first-order valence-corrected chi connectivity index (χ1v) is 6.88. The minimum atomic E-state index is 0.138. The zero-order chi connectivity index (χ0) is 15.0. The third kappa shape index (κ3) is 6.83. The van der Waals surface area contributed by atoms with Gasteiger partial charge in [0, 0.05) is 6.42 Å². The van der Waals surface area contributed by atoms with Gasteiger partial charge in [0.05, 0.1) is 12.8 Å². The zero-order valence-electron chi connectivity index (χ0n) is 12.6. The topological polar surface area (TPSA) is 77.5 Å². The van der Waals surface area contributed by atoms with Crippen LogP contribution in [-0.2, 0) is 6.42 Å². The van der Waals surface area contributed by atoms with Crippen molar-refractivity contribution in [1.29, 1.82) is 0 Å². The molecule has 0 radical (unpaired) electrons. The highest BCUT2D eigenvalue weighted by atomic mass is 16.3. The Hall–Kier alpha value is -1.97. The van der Waals surface area contributed by atoms with Gasteiger partial charge in [0.15, 0.2) is 5.96 Å². The molecule has 0 saturated heterocycles. The van der Waals surface area contributed by atoms with Crippen LogP contribution in [0.4, 0.5) is 0 Å². The van der Waals surface area contributed by atoms with Crippen molar-refractivity contribution in [3.8, 4) is 0 Å². The third-order valence-corrected chi connectivity index (χ3v) is 2.98. The van der Waals surface area contributed by atoms with E-state index in [4.69, 9.17) is 15.9 Å². The van der Waals surface area contributed by atoms with Crippen LogP contribution in [0.3, 0.4) is 0 Å². The van der Waals surface area contributed by atoms with Crippen LogP contribution in [0.15, 0.2) is 45.0 Å². The summed E-state index contributed by atoms with van der Waals surface area (Å²) in [5, 5.41) is 0. The van der Waals surface area contributed by atoms with Crippen LogP contribution in [-0.4, -0.2) is 12.5 Å². The summed E-state index contributed by atoms with van der Waals surface area (Å²) in [4.78, 5) is 3.93. The minimum absolute atomic E-state index is 0.138. The predicted octanol–water partition coefficient (Wildman–Crippen LogP) is 3.08. The Balaban J connectivity index is 2.34. The van der Waals surface area contributed by atoms with Crippen LogP contribution < -0.4 is 11.5 Å². The van der Waals surface area contributed by atoms with E-state index < -0.39 is 0 Å². The lowest BCUT2D eigenvalue weighted by atomic mass is 10.1. The second-order valence-corrected chi connectivity index (χ2v) is 5.17. The van der Waals surface area contributed by atoms with Crippen molar-refractivity contribution in [3.63, 3.8) is 0 Å². The quantitative estimate of drug-likeness (QED) is 0.456. The van der Waals surface area contributed by atoms with Gasteiger partial charge in [-0.2, -0.15) is 0 Å². The summed E-state index contributed by atoms with van der Waals surface area (Å²) in [7, 11) is 0. The Kier molecular flexibility index (Phi) is 6.64. The van der Waals surface area contributed by atoms with Gasteiger partial charge in [-0.3, -0.25) is 0 Å². The molecule has 1 heterocycles. The standard InChI is InChI=1S/C16H25N3O/c1-12(7-8-19-16(17)18)5-4-6-13(2)9-15-10-14(3)11-20-15/h6-7,10-11H,4-5,8-9H2,1-3H3,(H4,17,18,19). The SMILES string of the molecule is CC(=CCN=C(N)N)CCC=C(C)Cc1cc(C)co1. The van der Waals surface area contributed by atoms with Gasteiger partial charge < -0.3 is 15.9 Å².